The van der Waals surface area contributed by atoms with E-state index < -0.39 is 35.8 Å². The number of aliphatic carboxylic acids is 6. The molecule has 0 aliphatic carbocycles. The normalized spacial score (nSPS) is 10.6. The van der Waals surface area contributed by atoms with Crippen LogP contribution in [0.4, 0.5) is 0 Å². The van der Waals surface area contributed by atoms with Crippen LogP contribution >= 0.6 is 0 Å². The van der Waals surface area contributed by atoms with Gasteiger partial charge < -0.3 is 30.6 Å². The summed E-state index contributed by atoms with van der Waals surface area (Å²) in [5.41, 5.74) is 0. The molecule has 0 fully saturated rings. The lowest BCUT2D eigenvalue weighted by atomic mass is 10.00. The molecule has 0 radical (unpaired) electrons. The van der Waals surface area contributed by atoms with Crippen molar-refractivity contribution in [2.45, 2.75) is 370 Å². The first kappa shape index (κ1) is 84.1. The summed E-state index contributed by atoms with van der Waals surface area (Å²) in [6, 6.07) is 0. The SMILES string of the molecule is CCCCC(CC)C(=O)O.CCCCCC(=O)O.CCCCCCCC(=O)O.CCCCCCCCCCCC(=O)O.CCCCCCCCCCCCCC(=O)O.CCCCCCCCCCCCCCCC(=O)O. The van der Waals surface area contributed by atoms with E-state index in [1.807, 2.05) is 6.92 Å². The number of rotatable bonds is 51. The van der Waals surface area contributed by atoms with Crippen molar-refractivity contribution in [1.82, 2.24) is 0 Å². The summed E-state index contributed by atoms with van der Waals surface area (Å²) in [5.74, 6) is -4.08. The molecule has 0 aromatic heterocycles. The van der Waals surface area contributed by atoms with Gasteiger partial charge in [0.15, 0.2) is 0 Å². The van der Waals surface area contributed by atoms with Gasteiger partial charge in [-0.2, -0.15) is 0 Å². The number of hydrogen-bond acceptors (Lipinski definition) is 6. The minimum absolute atomic E-state index is 0.111. The highest BCUT2D eigenvalue weighted by atomic mass is 16.4. The third-order valence-corrected chi connectivity index (χ3v) is 13.2. The molecule has 0 rings (SSSR count). The van der Waals surface area contributed by atoms with E-state index in [4.69, 9.17) is 30.6 Å². The fraction of sp³-hybridized carbons (Fsp3) is 0.906. The van der Waals surface area contributed by atoms with Crippen LogP contribution in [-0.2, 0) is 28.8 Å². The van der Waals surface area contributed by atoms with Gasteiger partial charge in [-0.1, -0.05) is 292 Å². The second-order valence-electron chi connectivity index (χ2n) is 21.0. The highest BCUT2D eigenvalue weighted by molar-refractivity contribution is 5.70. The van der Waals surface area contributed by atoms with Crippen molar-refractivity contribution in [3.05, 3.63) is 0 Å². The first-order chi connectivity index (χ1) is 36.6. The topological polar surface area (TPSA) is 224 Å². The van der Waals surface area contributed by atoms with Gasteiger partial charge >= 0.3 is 35.8 Å². The summed E-state index contributed by atoms with van der Waals surface area (Å²) in [4.78, 5) is 61.1. The average molecular weight is 1090 g/mol. The Bertz CT molecular complexity index is 1180. The lowest BCUT2D eigenvalue weighted by Crippen LogP contribution is -2.11. The molecule has 6 N–H and O–H groups in total. The fourth-order valence-corrected chi connectivity index (χ4v) is 8.18. The smallest absolute Gasteiger partial charge is 0.306 e. The largest absolute Gasteiger partial charge is 0.481 e. The van der Waals surface area contributed by atoms with Crippen LogP contribution in [0.15, 0.2) is 0 Å². The van der Waals surface area contributed by atoms with Crippen LogP contribution in [0, 0.1) is 5.92 Å². The van der Waals surface area contributed by atoms with E-state index in [0.717, 1.165) is 96.3 Å². The Balaban J connectivity index is -0.000000197. The van der Waals surface area contributed by atoms with Crippen molar-refractivity contribution >= 4 is 35.8 Å². The van der Waals surface area contributed by atoms with Crippen molar-refractivity contribution in [3.63, 3.8) is 0 Å². The molecule has 1 unspecified atom stereocenters. The zero-order valence-corrected chi connectivity index (χ0v) is 51.1. The molecule has 0 aromatic rings. The van der Waals surface area contributed by atoms with E-state index in [9.17, 15) is 28.8 Å². The van der Waals surface area contributed by atoms with E-state index >= 15 is 0 Å². The Hall–Kier alpha value is -3.18. The molecule has 0 amide bonds. The zero-order valence-electron chi connectivity index (χ0n) is 51.1. The minimum Gasteiger partial charge on any atom is -0.481 e. The highest BCUT2D eigenvalue weighted by Crippen LogP contribution is 2.15. The summed E-state index contributed by atoms with van der Waals surface area (Å²) in [6.45, 7) is 14.9. The van der Waals surface area contributed by atoms with E-state index in [1.54, 1.807) is 0 Å². The second-order valence-corrected chi connectivity index (χ2v) is 21.0. The molecule has 0 saturated carbocycles. The van der Waals surface area contributed by atoms with Gasteiger partial charge in [-0.3, -0.25) is 28.8 Å². The Morgan fingerprint density at radius 3 is 0.513 bits per heavy atom. The van der Waals surface area contributed by atoms with Gasteiger partial charge in [0, 0.05) is 32.1 Å². The molecule has 456 valence electrons. The van der Waals surface area contributed by atoms with Gasteiger partial charge in [-0.15, -0.1) is 0 Å². The number of unbranched alkanes of at least 4 members (excludes halogenated alkanes) is 37. The van der Waals surface area contributed by atoms with Crippen LogP contribution in [0.2, 0.25) is 0 Å². The van der Waals surface area contributed by atoms with Gasteiger partial charge in [-0.25, -0.2) is 0 Å². The van der Waals surface area contributed by atoms with Crippen molar-refractivity contribution in [3.8, 4) is 0 Å². The third kappa shape index (κ3) is 103. The standard InChI is InChI=1S/C16H32O2.C14H28O2.C12H24O2.2C8H16O2.C6H12O2/c1-2-3-4-5-6-7-8-9-10-11-12-13-14-15-16(17)18;1-2-3-4-5-6-7-8-9-10-11-12-13-14(15)16;1-2-3-4-5-6-7-8-9-10-11-12(13)14;1-3-5-6-7(4-2)8(9)10;1-2-3-4-5-6-7-8(9)10;1-2-3-4-5-6(7)8/h2-15H2,1H3,(H,17,18);2-13H2,1H3,(H,15,16);2-11H2,1H3,(H,13,14);7H,3-6H2,1-2H3,(H,9,10);2-7H2,1H3,(H,9,10);2-5H2,1H3,(H,7,8). The summed E-state index contributed by atoms with van der Waals surface area (Å²) < 4.78 is 0. The number of carbonyl (C=O) groups is 6. The molecule has 0 bridgehead atoms. The Morgan fingerprint density at radius 2 is 0.368 bits per heavy atom. The van der Waals surface area contributed by atoms with Gasteiger partial charge in [0.1, 0.15) is 0 Å². The van der Waals surface area contributed by atoms with E-state index in [1.165, 1.54) is 193 Å². The van der Waals surface area contributed by atoms with E-state index in [2.05, 4.69) is 41.5 Å². The predicted octanol–water partition coefficient (Wildman–Crippen LogP) is 20.7. The maximum absolute atomic E-state index is 10.4. The van der Waals surface area contributed by atoms with Crippen LogP contribution in [0.25, 0.3) is 0 Å². The third-order valence-electron chi connectivity index (χ3n) is 13.2. The Labute approximate surface area is 468 Å². The predicted molar refractivity (Wildman–Crippen MR) is 320 cm³/mol. The molecule has 0 aromatic carbocycles. The van der Waals surface area contributed by atoms with Crippen LogP contribution in [0.5, 0.6) is 0 Å². The van der Waals surface area contributed by atoms with Crippen LogP contribution in [0.3, 0.4) is 0 Å². The molecule has 0 aliphatic rings. The molecule has 12 nitrogen and oxygen atoms in total. The lowest BCUT2D eigenvalue weighted by molar-refractivity contribution is -0.142. The van der Waals surface area contributed by atoms with Crippen LogP contribution in [0.1, 0.15) is 370 Å². The second kappa shape index (κ2) is 78.3. The first-order valence-electron chi connectivity index (χ1n) is 31.9. The molecule has 0 spiro atoms. The quantitative estimate of drug-likeness (QED) is 0.0313. The Morgan fingerprint density at radius 1 is 0.224 bits per heavy atom. The maximum atomic E-state index is 10.4. The number of hydrogen-bond donors (Lipinski definition) is 6. The summed E-state index contributed by atoms with van der Waals surface area (Å²) in [5, 5.41) is 50.4. The van der Waals surface area contributed by atoms with Crippen molar-refractivity contribution in [2.75, 3.05) is 0 Å². The Kier molecular flexibility index (Phi) is 86.7. The first-order valence-corrected chi connectivity index (χ1v) is 31.9. The number of carboxylic acids is 6. The molecule has 0 aliphatic heterocycles. The number of carboxylic acid groups (broad SMARTS) is 6. The van der Waals surface area contributed by atoms with Crippen molar-refractivity contribution < 1.29 is 59.4 Å². The van der Waals surface area contributed by atoms with Gasteiger partial charge in [0.05, 0.1) is 5.92 Å². The van der Waals surface area contributed by atoms with Crippen molar-refractivity contribution in [2.24, 2.45) is 5.92 Å². The van der Waals surface area contributed by atoms with Gasteiger partial charge in [0.2, 0.25) is 0 Å². The summed E-state index contributed by atoms with van der Waals surface area (Å²) in [7, 11) is 0. The molecular weight excluding hydrogens is 961 g/mol. The average Bonchev–Trinajstić information content (AvgIpc) is 3.37. The highest BCUT2D eigenvalue weighted by Gasteiger charge is 2.13. The summed E-state index contributed by atoms with van der Waals surface area (Å²) >= 11 is 0. The van der Waals surface area contributed by atoms with Crippen LogP contribution in [-0.4, -0.2) is 66.5 Å². The monoisotopic (exact) mass is 1090 g/mol. The molecule has 12 heteroatoms. The minimum atomic E-state index is -0.682. The zero-order chi connectivity index (χ0) is 58.4. The molecule has 0 saturated heterocycles. The molecule has 1 atom stereocenters. The van der Waals surface area contributed by atoms with E-state index in [0.29, 0.717) is 32.1 Å². The summed E-state index contributed by atoms with van der Waals surface area (Å²) in [6.07, 6.45) is 56.0. The van der Waals surface area contributed by atoms with Crippen LogP contribution < -0.4 is 0 Å². The fourth-order valence-electron chi connectivity index (χ4n) is 8.18. The molecular formula is C64H128O12. The van der Waals surface area contributed by atoms with Gasteiger partial charge in [0.25, 0.3) is 0 Å². The van der Waals surface area contributed by atoms with Crippen molar-refractivity contribution in [1.29, 1.82) is 0 Å². The molecule has 76 heavy (non-hydrogen) atoms. The lowest BCUT2D eigenvalue weighted by Gasteiger charge is -2.06. The maximum Gasteiger partial charge on any atom is 0.306 e. The molecule has 0 heterocycles. The van der Waals surface area contributed by atoms with E-state index in [-0.39, 0.29) is 5.92 Å². The van der Waals surface area contributed by atoms with Gasteiger partial charge in [-0.05, 0) is 44.9 Å².